The van der Waals surface area contributed by atoms with Gasteiger partial charge in [-0.05, 0) is 26.7 Å². The Hall–Kier alpha value is -0.770. The predicted octanol–water partition coefficient (Wildman–Crippen LogP) is 1.48. The number of carbonyl (C=O) groups is 1. The maximum Gasteiger partial charge on any atom is 0.410 e. The van der Waals surface area contributed by atoms with Crippen molar-refractivity contribution >= 4 is 6.09 Å². The molecule has 0 aromatic rings. The lowest BCUT2D eigenvalue weighted by atomic mass is 10.00. The zero-order valence-corrected chi connectivity index (χ0v) is 9.99. The average Bonchev–Trinajstić information content (AvgIpc) is 2.43. The van der Waals surface area contributed by atoms with Crippen molar-refractivity contribution in [1.29, 1.82) is 0 Å². The fourth-order valence-corrected chi connectivity index (χ4v) is 1.75. The first-order chi connectivity index (χ1) is 6.83. The van der Waals surface area contributed by atoms with Crippen LogP contribution in [-0.2, 0) is 4.74 Å². The molecule has 1 N–H and O–H groups in total. The van der Waals surface area contributed by atoms with Crippen LogP contribution in [0.5, 0.6) is 0 Å². The quantitative estimate of drug-likeness (QED) is 0.720. The molecule has 0 aliphatic carbocycles. The summed E-state index contributed by atoms with van der Waals surface area (Å²) in [6, 6.07) is 0. The van der Waals surface area contributed by atoms with Gasteiger partial charge in [0.2, 0.25) is 0 Å². The van der Waals surface area contributed by atoms with Crippen LogP contribution in [0.25, 0.3) is 0 Å². The number of aliphatic hydroxyl groups is 1. The lowest BCUT2D eigenvalue weighted by Gasteiger charge is -2.24. The minimum Gasteiger partial charge on any atom is -0.444 e. The number of aliphatic hydroxyl groups excluding tert-OH is 1. The van der Waals surface area contributed by atoms with Gasteiger partial charge in [0.25, 0.3) is 0 Å². The van der Waals surface area contributed by atoms with Gasteiger partial charge in [0.05, 0.1) is 0 Å². The number of likely N-dealkylation sites (tertiary alicyclic amines) is 1. The summed E-state index contributed by atoms with van der Waals surface area (Å²) in [6.07, 6.45) is -0.273. The summed E-state index contributed by atoms with van der Waals surface area (Å²) in [5.41, 5.74) is -0.447. The van der Waals surface area contributed by atoms with Crippen LogP contribution >= 0.6 is 0 Å². The molecule has 1 unspecified atom stereocenters. The van der Waals surface area contributed by atoms with Crippen molar-refractivity contribution in [2.24, 2.45) is 11.8 Å². The summed E-state index contributed by atoms with van der Waals surface area (Å²) in [7, 11) is 0. The highest BCUT2D eigenvalue weighted by molar-refractivity contribution is 5.68. The van der Waals surface area contributed by atoms with Crippen LogP contribution < -0.4 is 0 Å². The monoisotopic (exact) mass is 215 g/mol. The SMILES string of the molecule is CC1CN(C(=O)OC(C)(C)C)C[C@H]1CO. The van der Waals surface area contributed by atoms with Gasteiger partial charge in [-0.15, -0.1) is 0 Å². The average molecular weight is 215 g/mol. The molecule has 0 aromatic heterocycles. The van der Waals surface area contributed by atoms with Crippen LogP contribution in [0.3, 0.4) is 0 Å². The van der Waals surface area contributed by atoms with E-state index in [1.165, 1.54) is 0 Å². The molecule has 1 aliphatic heterocycles. The number of amides is 1. The Kier molecular flexibility index (Phi) is 3.60. The second-order valence-corrected chi connectivity index (χ2v) is 5.31. The van der Waals surface area contributed by atoms with E-state index in [-0.39, 0.29) is 18.6 Å². The highest BCUT2D eigenvalue weighted by Crippen LogP contribution is 2.24. The summed E-state index contributed by atoms with van der Waals surface area (Å²) in [5.74, 6) is 0.542. The molecule has 1 rings (SSSR count). The smallest absolute Gasteiger partial charge is 0.410 e. The zero-order chi connectivity index (χ0) is 11.6. The molecular weight excluding hydrogens is 194 g/mol. The Morgan fingerprint density at radius 1 is 1.47 bits per heavy atom. The Labute approximate surface area is 91.2 Å². The fraction of sp³-hybridized carbons (Fsp3) is 0.909. The maximum absolute atomic E-state index is 11.7. The lowest BCUT2D eigenvalue weighted by Crippen LogP contribution is -2.35. The summed E-state index contributed by atoms with van der Waals surface area (Å²) in [5, 5.41) is 9.09. The van der Waals surface area contributed by atoms with E-state index in [9.17, 15) is 4.79 Å². The third-order valence-electron chi connectivity index (χ3n) is 2.65. The van der Waals surface area contributed by atoms with Gasteiger partial charge < -0.3 is 14.7 Å². The molecule has 1 amide bonds. The molecule has 0 saturated carbocycles. The number of ether oxygens (including phenoxy) is 1. The van der Waals surface area contributed by atoms with Crippen molar-refractivity contribution in [3.8, 4) is 0 Å². The van der Waals surface area contributed by atoms with Crippen LogP contribution in [0.2, 0.25) is 0 Å². The first kappa shape index (κ1) is 12.3. The second kappa shape index (κ2) is 4.39. The molecule has 4 nitrogen and oxygen atoms in total. The van der Waals surface area contributed by atoms with Crippen LogP contribution in [-0.4, -0.2) is 41.4 Å². The Morgan fingerprint density at radius 2 is 2.07 bits per heavy atom. The third-order valence-corrected chi connectivity index (χ3v) is 2.65. The molecule has 1 saturated heterocycles. The summed E-state index contributed by atoms with van der Waals surface area (Å²) >= 11 is 0. The summed E-state index contributed by atoms with van der Waals surface area (Å²) in [4.78, 5) is 13.4. The van der Waals surface area contributed by atoms with E-state index in [2.05, 4.69) is 0 Å². The standard InChI is InChI=1S/C11H21NO3/c1-8-5-12(6-9(8)7-13)10(14)15-11(2,3)4/h8-9,13H,5-7H2,1-4H3/t8?,9-/m0/s1. The summed E-state index contributed by atoms with van der Waals surface area (Å²) in [6.45, 7) is 9.04. The minimum absolute atomic E-state index is 0.139. The molecule has 1 heterocycles. The molecule has 4 heteroatoms. The molecule has 0 aromatic carbocycles. The minimum atomic E-state index is -0.447. The van der Waals surface area contributed by atoms with Crippen LogP contribution in [0.15, 0.2) is 0 Å². The van der Waals surface area contributed by atoms with Gasteiger partial charge in [0, 0.05) is 25.6 Å². The molecule has 1 fully saturated rings. The first-order valence-corrected chi connectivity index (χ1v) is 5.42. The number of carbonyl (C=O) groups excluding carboxylic acids is 1. The zero-order valence-electron chi connectivity index (χ0n) is 9.99. The molecule has 2 atom stereocenters. The molecule has 0 radical (unpaired) electrons. The van der Waals surface area contributed by atoms with Gasteiger partial charge in [-0.3, -0.25) is 0 Å². The molecule has 0 bridgehead atoms. The van der Waals surface area contributed by atoms with Gasteiger partial charge in [0.15, 0.2) is 0 Å². The number of hydrogen-bond donors (Lipinski definition) is 1. The van der Waals surface area contributed by atoms with E-state index < -0.39 is 5.60 Å². The molecule has 15 heavy (non-hydrogen) atoms. The van der Waals surface area contributed by atoms with Crippen LogP contribution in [0.4, 0.5) is 4.79 Å². The van der Waals surface area contributed by atoms with E-state index in [4.69, 9.17) is 9.84 Å². The van der Waals surface area contributed by atoms with E-state index in [1.54, 1.807) is 4.90 Å². The number of hydrogen-bond acceptors (Lipinski definition) is 3. The summed E-state index contributed by atoms with van der Waals surface area (Å²) < 4.78 is 5.27. The normalized spacial score (nSPS) is 26.9. The highest BCUT2D eigenvalue weighted by atomic mass is 16.6. The molecule has 0 spiro atoms. The van der Waals surface area contributed by atoms with E-state index in [0.717, 1.165) is 0 Å². The topological polar surface area (TPSA) is 49.8 Å². The number of nitrogens with zero attached hydrogens (tertiary/aromatic N) is 1. The van der Waals surface area contributed by atoms with Gasteiger partial charge in [-0.25, -0.2) is 4.79 Å². The molecule has 88 valence electrons. The van der Waals surface area contributed by atoms with Gasteiger partial charge in [-0.1, -0.05) is 6.92 Å². The maximum atomic E-state index is 11.7. The van der Waals surface area contributed by atoms with Crippen molar-refractivity contribution < 1.29 is 14.6 Å². The van der Waals surface area contributed by atoms with Gasteiger partial charge >= 0.3 is 6.09 Å². The third kappa shape index (κ3) is 3.38. The van der Waals surface area contributed by atoms with Crippen LogP contribution in [0, 0.1) is 11.8 Å². The van der Waals surface area contributed by atoms with E-state index >= 15 is 0 Å². The van der Waals surface area contributed by atoms with Crippen molar-refractivity contribution in [2.75, 3.05) is 19.7 Å². The molecule has 1 aliphatic rings. The van der Waals surface area contributed by atoms with Crippen molar-refractivity contribution in [3.63, 3.8) is 0 Å². The predicted molar refractivity (Wildman–Crippen MR) is 57.5 cm³/mol. The Bertz CT molecular complexity index is 234. The second-order valence-electron chi connectivity index (χ2n) is 5.31. The van der Waals surface area contributed by atoms with Gasteiger partial charge in [0.1, 0.15) is 5.60 Å². The Balaban J connectivity index is 2.50. The van der Waals surface area contributed by atoms with Crippen molar-refractivity contribution in [3.05, 3.63) is 0 Å². The Morgan fingerprint density at radius 3 is 2.47 bits per heavy atom. The molecular formula is C11H21NO3. The number of rotatable bonds is 1. The van der Waals surface area contributed by atoms with E-state index in [1.807, 2.05) is 27.7 Å². The first-order valence-electron chi connectivity index (χ1n) is 5.42. The van der Waals surface area contributed by atoms with E-state index in [0.29, 0.717) is 19.0 Å². The van der Waals surface area contributed by atoms with Crippen LogP contribution in [0.1, 0.15) is 27.7 Å². The largest absolute Gasteiger partial charge is 0.444 e. The van der Waals surface area contributed by atoms with Crippen molar-refractivity contribution in [2.45, 2.75) is 33.3 Å². The van der Waals surface area contributed by atoms with Gasteiger partial charge in [-0.2, -0.15) is 0 Å². The van der Waals surface area contributed by atoms with Crippen molar-refractivity contribution in [1.82, 2.24) is 4.90 Å². The fourth-order valence-electron chi connectivity index (χ4n) is 1.75. The lowest BCUT2D eigenvalue weighted by molar-refractivity contribution is 0.0281. The highest BCUT2D eigenvalue weighted by Gasteiger charge is 2.34.